The summed E-state index contributed by atoms with van der Waals surface area (Å²) in [5.41, 5.74) is 3.29. The Balaban J connectivity index is 1.84. The molecule has 1 amide bonds. The van der Waals surface area contributed by atoms with E-state index in [1.54, 1.807) is 6.07 Å². The number of aromatic nitrogens is 1. The number of nitrogens with one attached hydrogen (secondary N) is 1. The standard InChI is InChI=1S/C16H18N2O2/c1-12-3-2-4-15(18-12)16(20)17-10-9-13-5-7-14(11-19)8-6-13/h2-8,19H,9-11H2,1H3,(H,17,20). The van der Waals surface area contributed by atoms with Crippen molar-refractivity contribution in [3.8, 4) is 0 Å². The van der Waals surface area contributed by atoms with Crippen molar-refractivity contribution in [3.05, 3.63) is 65.0 Å². The molecule has 0 saturated heterocycles. The summed E-state index contributed by atoms with van der Waals surface area (Å²) < 4.78 is 0. The van der Waals surface area contributed by atoms with Gasteiger partial charge in [0.2, 0.25) is 0 Å². The topological polar surface area (TPSA) is 62.2 Å². The van der Waals surface area contributed by atoms with E-state index in [0.717, 1.165) is 23.2 Å². The maximum atomic E-state index is 11.9. The lowest BCUT2D eigenvalue weighted by molar-refractivity contribution is 0.0949. The van der Waals surface area contributed by atoms with E-state index in [0.29, 0.717) is 12.2 Å². The van der Waals surface area contributed by atoms with Gasteiger partial charge in [-0.1, -0.05) is 30.3 Å². The second-order valence-electron chi connectivity index (χ2n) is 4.64. The molecule has 104 valence electrons. The second-order valence-corrected chi connectivity index (χ2v) is 4.64. The van der Waals surface area contributed by atoms with Crippen molar-refractivity contribution in [2.45, 2.75) is 20.0 Å². The first-order valence-corrected chi connectivity index (χ1v) is 6.59. The first kappa shape index (κ1) is 14.2. The number of nitrogens with zero attached hydrogens (tertiary/aromatic N) is 1. The minimum Gasteiger partial charge on any atom is -0.392 e. The number of aliphatic hydroxyl groups excluding tert-OH is 1. The Bertz CT molecular complexity index is 579. The number of pyridine rings is 1. The van der Waals surface area contributed by atoms with Crippen molar-refractivity contribution in [1.82, 2.24) is 10.3 Å². The SMILES string of the molecule is Cc1cccc(C(=O)NCCc2ccc(CO)cc2)n1. The predicted octanol–water partition coefficient (Wildman–Crippen LogP) is 1.85. The summed E-state index contributed by atoms with van der Waals surface area (Å²) >= 11 is 0. The van der Waals surface area contributed by atoms with Crippen LogP contribution in [0.15, 0.2) is 42.5 Å². The Kier molecular flexibility index (Phi) is 4.85. The molecule has 1 aromatic carbocycles. The van der Waals surface area contributed by atoms with Crippen LogP contribution < -0.4 is 5.32 Å². The molecule has 0 aliphatic heterocycles. The maximum absolute atomic E-state index is 11.9. The number of hydrogen-bond donors (Lipinski definition) is 2. The van der Waals surface area contributed by atoms with E-state index in [1.165, 1.54) is 0 Å². The van der Waals surface area contributed by atoms with Gasteiger partial charge in [-0.05, 0) is 36.6 Å². The fourth-order valence-electron chi connectivity index (χ4n) is 1.89. The molecule has 0 unspecified atom stereocenters. The molecule has 0 fully saturated rings. The number of carbonyl (C=O) groups is 1. The summed E-state index contributed by atoms with van der Waals surface area (Å²) in [6, 6.07) is 13.1. The van der Waals surface area contributed by atoms with Crippen LogP contribution in [0, 0.1) is 6.92 Å². The average Bonchev–Trinajstić information content (AvgIpc) is 2.48. The summed E-state index contributed by atoms with van der Waals surface area (Å²) in [5, 5.41) is 11.8. The molecule has 4 heteroatoms. The summed E-state index contributed by atoms with van der Waals surface area (Å²) in [4.78, 5) is 16.1. The quantitative estimate of drug-likeness (QED) is 0.871. The van der Waals surface area contributed by atoms with Gasteiger partial charge in [0.05, 0.1) is 6.61 Å². The average molecular weight is 270 g/mol. The molecule has 4 nitrogen and oxygen atoms in total. The maximum Gasteiger partial charge on any atom is 0.269 e. The van der Waals surface area contributed by atoms with Gasteiger partial charge < -0.3 is 10.4 Å². The minimum atomic E-state index is -0.152. The van der Waals surface area contributed by atoms with E-state index >= 15 is 0 Å². The van der Waals surface area contributed by atoms with Gasteiger partial charge >= 0.3 is 0 Å². The van der Waals surface area contributed by atoms with Gasteiger partial charge in [-0.15, -0.1) is 0 Å². The zero-order chi connectivity index (χ0) is 14.4. The number of carbonyl (C=O) groups excluding carboxylic acids is 1. The number of hydrogen-bond acceptors (Lipinski definition) is 3. The Labute approximate surface area is 118 Å². The Hall–Kier alpha value is -2.20. The normalized spacial score (nSPS) is 10.3. The number of amides is 1. The van der Waals surface area contributed by atoms with E-state index in [-0.39, 0.29) is 12.5 Å². The third-order valence-electron chi connectivity index (χ3n) is 3.03. The molecule has 2 rings (SSSR count). The molecule has 0 spiro atoms. The first-order chi connectivity index (χ1) is 9.69. The highest BCUT2D eigenvalue weighted by Gasteiger charge is 2.06. The Morgan fingerprint density at radius 2 is 1.85 bits per heavy atom. The zero-order valence-electron chi connectivity index (χ0n) is 11.5. The molecule has 2 N–H and O–H groups in total. The van der Waals surface area contributed by atoms with Crippen LogP contribution in [0.25, 0.3) is 0 Å². The van der Waals surface area contributed by atoms with Gasteiger partial charge in [0, 0.05) is 12.2 Å². The second kappa shape index (κ2) is 6.82. The van der Waals surface area contributed by atoms with Crippen LogP contribution in [-0.2, 0) is 13.0 Å². The van der Waals surface area contributed by atoms with E-state index in [2.05, 4.69) is 10.3 Å². The summed E-state index contributed by atoms with van der Waals surface area (Å²) in [6.07, 6.45) is 0.753. The molecule has 1 aromatic heterocycles. The highest BCUT2D eigenvalue weighted by molar-refractivity contribution is 5.92. The highest BCUT2D eigenvalue weighted by Crippen LogP contribution is 2.05. The molecule has 20 heavy (non-hydrogen) atoms. The van der Waals surface area contributed by atoms with Crippen molar-refractivity contribution >= 4 is 5.91 Å². The van der Waals surface area contributed by atoms with E-state index < -0.39 is 0 Å². The molecule has 0 atom stereocenters. The van der Waals surface area contributed by atoms with Crippen LogP contribution >= 0.6 is 0 Å². The van der Waals surface area contributed by atoms with Crippen LogP contribution in [0.2, 0.25) is 0 Å². The molecule has 1 heterocycles. The lowest BCUT2D eigenvalue weighted by Gasteiger charge is -2.06. The van der Waals surface area contributed by atoms with Gasteiger partial charge in [0.1, 0.15) is 5.69 Å². The van der Waals surface area contributed by atoms with Crippen LogP contribution in [0.3, 0.4) is 0 Å². The zero-order valence-corrected chi connectivity index (χ0v) is 11.5. The van der Waals surface area contributed by atoms with Crippen LogP contribution in [0.4, 0.5) is 0 Å². The number of aryl methyl sites for hydroxylation is 1. The van der Waals surface area contributed by atoms with Crippen molar-refractivity contribution in [2.75, 3.05) is 6.54 Å². The Morgan fingerprint density at radius 3 is 2.50 bits per heavy atom. The summed E-state index contributed by atoms with van der Waals surface area (Å²) in [7, 11) is 0. The number of aliphatic hydroxyl groups is 1. The smallest absolute Gasteiger partial charge is 0.269 e. The Morgan fingerprint density at radius 1 is 1.15 bits per heavy atom. The van der Waals surface area contributed by atoms with Gasteiger partial charge in [-0.25, -0.2) is 4.98 Å². The molecular formula is C16H18N2O2. The molecule has 2 aromatic rings. The lowest BCUT2D eigenvalue weighted by Crippen LogP contribution is -2.26. The molecule has 0 radical (unpaired) electrons. The van der Waals surface area contributed by atoms with E-state index in [4.69, 9.17) is 5.11 Å². The molecule has 0 aliphatic carbocycles. The summed E-state index contributed by atoms with van der Waals surface area (Å²) in [6.45, 7) is 2.47. The monoisotopic (exact) mass is 270 g/mol. The van der Waals surface area contributed by atoms with Crippen LogP contribution in [-0.4, -0.2) is 22.5 Å². The predicted molar refractivity (Wildman–Crippen MR) is 77.4 cm³/mol. The minimum absolute atomic E-state index is 0.0516. The highest BCUT2D eigenvalue weighted by atomic mass is 16.3. The van der Waals surface area contributed by atoms with Crippen molar-refractivity contribution < 1.29 is 9.90 Å². The van der Waals surface area contributed by atoms with Crippen molar-refractivity contribution in [2.24, 2.45) is 0 Å². The fourth-order valence-corrected chi connectivity index (χ4v) is 1.89. The van der Waals surface area contributed by atoms with Crippen molar-refractivity contribution in [1.29, 1.82) is 0 Å². The van der Waals surface area contributed by atoms with Gasteiger partial charge in [0.15, 0.2) is 0 Å². The third-order valence-corrected chi connectivity index (χ3v) is 3.03. The largest absolute Gasteiger partial charge is 0.392 e. The molecule has 0 saturated carbocycles. The van der Waals surface area contributed by atoms with Gasteiger partial charge in [-0.3, -0.25) is 4.79 Å². The van der Waals surface area contributed by atoms with Crippen molar-refractivity contribution in [3.63, 3.8) is 0 Å². The van der Waals surface area contributed by atoms with Crippen LogP contribution in [0.1, 0.15) is 27.3 Å². The van der Waals surface area contributed by atoms with Gasteiger partial charge in [-0.2, -0.15) is 0 Å². The number of benzene rings is 1. The molecular weight excluding hydrogens is 252 g/mol. The fraction of sp³-hybridized carbons (Fsp3) is 0.250. The van der Waals surface area contributed by atoms with E-state index in [1.807, 2.05) is 43.3 Å². The summed E-state index contributed by atoms with van der Waals surface area (Å²) in [5.74, 6) is -0.152. The van der Waals surface area contributed by atoms with E-state index in [9.17, 15) is 4.79 Å². The lowest BCUT2D eigenvalue weighted by atomic mass is 10.1. The third kappa shape index (κ3) is 3.90. The van der Waals surface area contributed by atoms with Crippen LogP contribution in [0.5, 0.6) is 0 Å². The molecule has 0 aliphatic rings. The first-order valence-electron chi connectivity index (χ1n) is 6.59. The number of rotatable bonds is 5. The van der Waals surface area contributed by atoms with Gasteiger partial charge in [0.25, 0.3) is 5.91 Å². The molecule has 0 bridgehead atoms.